The summed E-state index contributed by atoms with van der Waals surface area (Å²) in [7, 11) is 0. The second kappa shape index (κ2) is 6.77. The Morgan fingerprint density at radius 3 is 2.25 bits per heavy atom. The van der Waals surface area contributed by atoms with Gasteiger partial charge in [-0.1, -0.05) is 31.5 Å². The fraction of sp³-hybridized carbons (Fsp3) is 0.417. The van der Waals surface area contributed by atoms with Crippen LogP contribution in [0.5, 0.6) is 0 Å². The normalized spacial score (nSPS) is 12.0. The number of benzene rings is 1. The highest BCUT2D eigenvalue weighted by molar-refractivity contribution is 5.89. The van der Waals surface area contributed by atoms with Crippen LogP contribution in [0.4, 0.5) is 0 Å². The Bertz CT molecular complexity index is 1170. The molecule has 4 rings (SSSR count). The van der Waals surface area contributed by atoms with Crippen LogP contribution >= 0.6 is 0 Å². The molecule has 0 amide bonds. The van der Waals surface area contributed by atoms with Crippen LogP contribution in [-0.4, -0.2) is 19.2 Å². The zero-order chi connectivity index (χ0) is 20.2. The highest BCUT2D eigenvalue weighted by Gasteiger charge is 2.21. The van der Waals surface area contributed by atoms with E-state index in [4.69, 9.17) is 10.1 Å². The van der Waals surface area contributed by atoms with Crippen LogP contribution in [0.2, 0.25) is 0 Å². The molecule has 146 valence electrons. The van der Waals surface area contributed by atoms with Crippen LogP contribution in [0.3, 0.4) is 0 Å². The monoisotopic (exact) mass is 374 g/mol. The van der Waals surface area contributed by atoms with Crippen LogP contribution in [0.25, 0.3) is 27.8 Å². The summed E-state index contributed by atoms with van der Waals surface area (Å²) < 4.78 is 4.40. The van der Waals surface area contributed by atoms with Crippen molar-refractivity contribution in [3.05, 3.63) is 52.5 Å². The first-order valence-corrected chi connectivity index (χ1v) is 10.2. The molecule has 1 aromatic carbocycles. The molecule has 0 aliphatic heterocycles. The first-order valence-electron chi connectivity index (χ1n) is 10.2. The second-order valence-electron chi connectivity index (χ2n) is 8.60. The van der Waals surface area contributed by atoms with E-state index in [-0.39, 0.29) is 0 Å². The molecule has 28 heavy (non-hydrogen) atoms. The van der Waals surface area contributed by atoms with E-state index < -0.39 is 0 Å². The molecule has 0 saturated heterocycles. The Morgan fingerprint density at radius 2 is 1.61 bits per heavy atom. The van der Waals surface area contributed by atoms with Gasteiger partial charge >= 0.3 is 0 Å². The number of aromatic nitrogens is 4. The predicted molar refractivity (Wildman–Crippen MR) is 117 cm³/mol. The fourth-order valence-corrected chi connectivity index (χ4v) is 4.41. The smallest absolute Gasteiger partial charge is 0.165 e. The van der Waals surface area contributed by atoms with Crippen molar-refractivity contribution >= 4 is 16.7 Å². The summed E-state index contributed by atoms with van der Waals surface area (Å²) >= 11 is 0. The maximum Gasteiger partial charge on any atom is 0.165 e. The van der Waals surface area contributed by atoms with Gasteiger partial charge in [0.05, 0.1) is 17.0 Å². The number of aryl methyl sites for hydroxylation is 6. The maximum atomic E-state index is 5.00. The zero-order valence-corrected chi connectivity index (χ0v) is 18.1. The van der Waals surface area contributed by atoms with Crippen molar-refractivity contribution in [1.29, 1.82) is 0 Å². The molecular formula is C24H30N4. The lowest BCUT2D eigenvalue weighted by molar-refractivity contribution is 0.521. The second-order valence-corrected chi connectivity index (χ2v) is 8.60. The lowest BCUT2D eigenvalue weighted by Gasteiger charge is -2.12. The first kappa shape index (κ1) is 18.7. The molecule has 4 nitrogen and oxygen atoms in total. The highest BCUT2D eigenvalue weighted by Crippen LogP contribution is 2.35. The van der Waals surface area contributed by atoms with Gasteiger partial charge in [-0.15, -0.1) is 0 Å². The summed E-state index contributed by atoms with van der Waals surface area (Å²) in [6, 6.07) is 6.68. The quantitative estimate of drug-likeness (QED) is 0.443. The van der Waals surface area contributed by atoms with E-state index in [0.717, 1.165) is 41.2 Å². The molecule has 0 saturated carbocycles. The van der Waals surface area contributed by atoms with Crippen molar-refractivity contribution in [3.63, 3.8) is 0 Å². The average molecular weight is 375 g/mol. The number of hydrogen-bond acceptors (Lipinski definition) is 2. The lowest BCUT2D eigenvalue weighted by Crippen LogP contribution is -2.05. The van der Waals surface area contributed by atoms with E-state index in [9.17, 15) is 0 Å². The average Bonchev–Trinajstić information content (AvgIpc) is 3.15. The van der Waals surface area contributed by atoms with Gasteiger partial charge in [-0.05, 0) is 69.7 Å². The Labute approximate surface area is 167 Å². The number of hydrogen-bond donors (Lipinski definition) is 0. The van der Waals surface area contributed by atoms with Crippen LogP contribution in [0.15, 0.2) is 24.4 Å². The molecule has 3 heterocycles. The van der Waals surface area contributed by atoms with Gasteiger partial charge in [0.15, 0.2) is 5.65 Å². The van der Waals surface area contributed by atoms with Crippen LogP contribution in [0, 0.1) is 40.5 Å². The third-order valence-corrected chi connectivity index (χ3v) is 5.71. The minimum atomic E-state index is 0.670. The minimum Gasteiger partial charge on any atom is -0.332 e. The molecule has 0 aliphatic carbocycles. The largest absolute Gasteiger partial charge is 0.332 e. The third kappa shape index (κ3) is 2.92. The summed E-state index contributed by atoms with van der Waals surface area (Å²) in [5.74, 6) is 0.670. The molecule has 4 aromatic rings. The van der Waals surface area contributed by atoms with Crippen LogP contribution in [-0.2, 0) is 6.54 Å². The first-order chi connectivity index (χ1) is 13.3. The van der Waals surface area contributed by atoms with Crippen molar-refractivity contribution in [2.75, 3.05) is 0 Å². The van der Waals surface area contributed by atoms with Gasteiger partial charge in [-0.3, -0.25) is 0 Å². The van der Waals surface area contributed by atoms with E-state index in [1.807, 2.05) is 0 Å². The van der Waals surface area contributed by atoms with E-state index >= 15 is 0 Å². The van der Waals surface area contributed by atoms with Crippen molar-refractivity contribution in [2.24, 2.45) is 5.92 Å². The van der Waals surface area contributed by atoms with Gasteiger partial charge in [0.2, 0.25) is 0 Å². The molecule has 0 fully saturated rings. The SMILES string of the molecule is Cc1cc(C)c(-c2c(C)nn3c2nc(C)c2ccn(CCC(C)C)c23)c(C)c1. The van der Waals surface area contributed by atoms with E-state index in [2.05, 4.69) is 81.9 Å². The summed E-state index contributed by atoms with van der Waals surface area (Å²) in [6.45, 7) is 16.3. The Hall–Kier alpha value is -2.62. The van der Waals surface area contributed by atoms with Gasteiger partial charge in [0.1, 0.15) is 5.65 Å². The molecule has 0 atom stereocenters. The van der Waals surface area contributed by atoms with Crippen molar-refractivity contribution in [3.8, 4) is 11.1 Å². The van der Waals surface area contributed by atoms with Gasteiger partial charge in [-0.25, -0.2) is 4.98 Å². The Morgan fingerprint density at radius 1 is 0.929 bits per heavy atom. The standard InChI is InChI=1S/C24H30N4/c1-14(2)8-10-27-11-9-20-18(6)25-23-22(19(7)26-28(23)24(20)27)21-16(4)12-15(3)13-17(21)5/h9,11-14H,8,10H2,1-7H3. The molecule has 0 spiro atoms. The summed E-state index contributed by atoms with van der Waals surface area (Å²) in [4.78, 5) is 5.00. The Balaban J connectivity index is 2.03. The van der Waals surface area contributed by atoms with Gasteiger partial charge in [0, 0.05) is 18.1 Å². The number of nitrogens with zero attached hydrogens (tertiary/aromatic N) is 4. The maximum absolute atomic E-state index is 5.00. The van der Waals surface area contributed by atoms with Crippen LogP contribution < -0.4 is 0 Å². The summed E-state index contributed by atoms with van der Waals surface area (Å²) in [6.07, 6.45) is 3.33. The summed E-state index contributed by atoms with van der Waals surface area (Å²) in [5.41, 5.74) is 10.5. The van der Waals surface area contributed by atoms with Crippen LogP contribution in [0.1, 0.15) is 48.3 Å². The van der Waals surface area contributed by atoms with E-state index in [1.165, 1.54) is 27.6 Å². The van der Waals surface area contributed by atoms with Gasteiger partial charge < -0.3 is 4.57 Å². The van der Waals surface area contributed by atoms with Gasteiger partial charge in [0.25, 0.3) is 0 Å². The zero-order valence-electron chi connectivity index (χ0n) is 18.1. The number of rotatable bonds is 4. The highest BCUT2D eigenvalue weighted by atomic mass is 15.3. The molecule has 0 radical (unpaired) electrons. The molecule has 4 heteroatoms. The molecule has 0 bridgehead atoms. The Kier molecular flexibility index (Phi) is 4.53. The number of fused-ring (bicyclic) bond motifs is 3. The molecule has 3 aromatic heterocycles. The van der Waals surface area contributed by atoms with E-state index in [0.29, 0.717) is 5.92 Å². The fourth-order valence-electron chi connectivity index (χ4n) is 4.41. The summed E-state index contributed by atoms with van der Waals surface area (Å²) in [5, 5.41) is 6.14. The molecule has 0 N–H and O–H groups in total. The third-order valence-electron chi connectivity index (χ3n) is 5.71. The van der Waals surface area contributed by atoms with Crippen molar-refractivity contribution in [2.45, 2.75) is 61.4 Å². The lowest BCUT2D eigenvalue weighted by atomic mass is 9.94. The van der Waals surface area contributed by atoms with Crippen molar-refractivity contribution in [1.82, 2.24) is 19.2 Å². The molecule has 0 unspecified atom stereocenters. The van der Waals surface area contributed by atoms with E-state index in [1.54, 1.807) is 0 Å². The minimum absolute atomic E-state index is 0.670. The molecule has 0 aliphatic rings. The topological polar surface area (TPSA) is 35.1 Å². The molecular weight excluding hydrogens is 344 g/mol. The predicted octanol–water partition coefficient (Wildman–Crippen LogP) is 5.94. The van der Waals surface area contributed by atoms with Crippen molar-refractivity contribution < 1.29 is 0 Å². The van der Waals surface area contributed by atoms with Gasteiger partial charge in [-0.2, -0.15) is 9.61 Å².